The van der Waals surface area contributed by atoms with E-state index < -0.39 is 53.4 Å². The number of hydrogen-bond acceptors (Lipinski definition) is 3. The van der Waals surface area contributed by atoms with Crippen LogP contribution in [0.4, 0.5) is 40.8 Å². The van der Waals surface area contributed by atoms with Crippen molar-refractivity contribution < 1.29 is 35.1 Å². The molecule has 1 aliphatic heterocycles. The highest BCUT2D eigenvalue weighted by atomic mass is 32.2. The number of benzene rings is 3. The molecular weight excluding hydrogens is 500 g/mol. The molecule has 0 saturated heterocycles. The summed E-state index contributed by atoms with van der Waals surface area (Å²) in [6, 6.07) is 11.4. The zero-order valence-electron chi connectivity index (χ0n) is 17.9. The van der Waals surface area contributed by atoms with Gasteiger partial charge in [0.25, 0.3) is 0 Å². The Bertz CT molecular complexity index is 1290. The molecule has 1 heterocycles. The lowest BCUT2D eigenvalue weighted by molar-refractivity contribution is -0.249. The number of hydrogen-bond donors (Lipinski definition) is 0. The summed E-state index contributed by atoms with van der Waals surface area (Å²) in [7, 11) is 0. The van der Waals surface area contributed by atoms with Crippen LogP contribution in [0.5, 0.6) is 0 Å². The second kappa shape index (κ2) is 9.18. The minimum atomic E-state index is -5.97. The van der Waals surface area contributed by atoms with Gasteiger partial charge < -0.3 is 0 Å². The van der Waals surface area contributed by atoms with E-state index in [2.05, 4.69) is 5.10 Å². The molecule has 1 unspecified atom stereocenters. The van der Waals surface area contributed by atoms with E-state index >= 15 is 0 Å². The SMILES string of the molecule is CSc1cccc(-c2ccc(F)c(C3CC(C(F)(F)C(F)(F)F)=NN3c3ccc(F)cc3F)c2)c1. The molecule has 0 aliphatic carbocycles. The van der Waals surface area contributed by atoms with E-state index in [1.807, 2.05) is 12.3 Å². The van der Waals surface area contributed by atoms with Crippen LogP contribution in [0, 0.1) is 17.5 Å². The highest BCUT2D eigenvalue weighted by Crippen LogP contribution is 2.46. The fourth-order valence-corrected chi connectivity index (χ4v) is 4.24. The fourth-order valence-electron chi connectivity index (χ4n) is 3.78. The molecule has 0 fully saturated rings. The maximum absolute atomic E-state index is 14.9. The summed E-state index contributed by atoms with van der Waals surface area (Å²) in [4.78, 5) is 0.889. The molecule has 0 saturated carbocycles. The molecule has 3 aromatic carbocycles. The Hall–Kier alpha value is -3.08. The first kappa shape index (κ1) is 25.0. The number of hydrazone groups is 1. The average molecular weight is 516 g/mol. The number of rotatable bonds is 5. The number of halogens is 8. The van der Waals surface area contributed by atoms with Crippen molar-refractivity contribution >= 4 is 23.2 Å². The highest BCUT2D eigenvalue weighted by molar-refractivity contribution is 7.98. The monoisotopic (exact) mass is 516 g/mol. The van der Waals surface area contributed by atoms with Gasteiger partial charge in [-0.3, -0.25) is 5.01 Å². The minimum Gasteiger partial charge on any atom is -0.254 e. The summed E-state index contributed by atoms with van der Waals surface area (Å²) in [5.74, 6) is -8.48. The zero-order chi connectivity index (χ0) is 25.5. The van der Waals surface area contributed by atoms with Gasteiger partial charge in [0.2, 0.25) is 0 Å². The number of thioether (sulfide) groups is 1. The Labute approximate surface area is 199 Å². The molecular formula is C24H16F8N2S. The van der Waals surface area contributed by atoms with Gasteiger partial charge in [-0.15, -0.1) is 11.8 Å². The molecule has 0 N–H and O–H groups in total. The van der Waals surface area contributed by atoms with Crippen LogP contribution >= 0.6 is 11.8 Å². The van der Waals surface area contributed by atoms with Gasteiger partial charge in [0, 0.05) is 22.9 Å². The zero-order valence-corrected chi connectivity index (χ0v) is 18.7. The molecule has 11 heteroatoms. The molecule has 1 atom stereocenters. The molecule has 1 aliphatic rings. The molecule has 2 nitrogen and oxygen atoms in total. The maximum Gasteiger partial charge on any atom is 0.459 e. The summed E-state index contributed by atoms with van der Waals surface area (Å²) in [6.07, 6.45) is -5.15. The molecule has 4 rings (SSSR count). The Balaban J connectivity index is 1.84. The minimum absolute atomic E-state index is 0.266. The molecule has 0 spiro atoms. The van der Waals surface area contributed by atoms with E-state index in [0.29, 0.717) is 22.2 Å². The smallest absolute Gasteiger partial charge is 0.254 e. The summed E-state index contributed by atoms with van der Waals surface area (Å²) in [5.41, 5.74) is -1.32. The molecule has 0 aromatic heterocycles. The Morgan fingerprint density at radius 2 is 1.57 bits per heavy atom. The van der Waals surface area contributed by atoms with Crippen molar-refractivity contribution in [2.24, 2.45) is 5.10 Å². The second-order valence-corrected chi connectivity index (χ2v) is 8.63. The van der Waals surface area contributed by atoms with Gasteiger partial charge in [-0.05, 0) is 53.8 Å². The predicted molar refractivity (Wildman–Crippen MR) is 118 cm³/mol. The molecule has 0 bridgehead atoms. The Morgan fingerprint density at radius 3 is 2.23 bits per heavy atom. The van der Waals surface area contributed by atoms with Gasteiger partial charge in [0.1, 0.15) is 17.3 Å². The van der Waals surface area contributed by atoms with Gasteiger partial charge in [-0.1, -0.05) is 18.2 Å². The number of alkyl halides is 5. The van der Waals surface area contributed by atoms with E-state index in [-0.39, 0.29) is 5.56 Å². The van der Waals surface area contributed by atoms with Crippen molar-refractivity contribution in [3.8, 4) is 11.1 Å². The number of nitrogens with zero attached hydrogens (tertiary/aromatic N) is 2. The van der Waals surface area contributed by atoms with E-state index in [0.717, 1.165) is 23.1 Å². The van der Waals surface area contributed by atoms with E-state index in [1.165, 1.54) is 23.9 Å². The van der Waals surface area contributed by atoms with E-state index in [9.17, 15) is 35.1 Å². The standard InChI is InChI=1S/C24H16F8N2S/c1-35-16-4-2-3-13(9-16)14-5-7-18(26)17(10-14)21-12-22(23(28,29)24(30,31)32)33-34(21)20-8-6-15(25)11-19(20)27/h2-11,21H,12H2,1H3. The fraction of sp³-hybridized carbons (Fsp3) is 0.208. The van der Waals surface area contributed by atoms with Gasteiger partial charge in [0.05, 0.1) is 11.7 Å². The van der Waals surface area contributed by atoms with Crippen molar-refractivity contribution in [2.75, 3.05) is 11.3 Å². The number of anilines is 1. The van der Waals surface area contributed by atoms with Gasteiger partial charge >= 0.3 is 12.1 Å². The van der Waals surface area contributed by atoms with E-state index in [4.69, 9.17) is 0 Å². The normalized spacial score (nSPS) is 16.5. The molecule has 0 amide bonds. The first-order valence-corrected chi connectivity index (χ1v) is 11.4. The van der Waals surface area contributed by atoms with Crippen LogP contribution in [0.1, 0.15) is 18.0 Å². The van der Waals surface area contributed by atoms with Crippen molar-refractivity contribution in [3.63, 3.8) is 0 Å². The molecule has 35 heavy (non-hydrogen) atoms. The van der Waals surface area contributed by atoms with Gasteiger partial charge in [0.15, 0.2) is 5.82 Å². The van der Waals surface area contributed by atoms with Crippen LogP contribution in [-0.2, 0) is 0 Å². The van der Waals surface area contributed by atoms with Gasteiger partial charge in [-0.2, -0.15) is 27.1 Å². The lowest BCUT2D eigenvalue weighted by Crippen LogP contribution is -2.43. The Kier molecular flexibility index (Phi) is 6.56. The summed E-state index contributed by atoms with van der Waals surface area (Å²) in [5, 5.41) is 3.91. The van der Waals surface area contributed by atoms with Crippen molar-refractivity contribution in [1.29, 1.82) is 0 Å². The lowest BCUT2D eigenvalue weighted by atomic mass is 9.94. The third kappa shape index (κ3) is 4.73. The van der Waals surface area contributed by atoms with Crippen molar-refractivity contribution in [1.82, 2.24) is 0 Å². The molecule has 184 valence electrons. The average Bonchev–Trinajstić information content (AvgIpc) is 3.24. The van der Waals surface area contributed by atoms with Crippen molar-refractivity contribution in [2.45, 2.75) is 29.5 Å². The summed E-state index contributed by atoms with van der Waals surface area (Å²) in [6.45, 7) is 0. The van der Waals surface area contributed by atoms with Crippen LogP contribution in [0.3, 0.4) is 0 Å². The van der Waals surface area contributed by atoms with Crippen molar-refractivity contribution in [3.05, 3.63) is 83.7 Å². The largest absolute Gasteiger partial charge is 0.459 e. The molecule has 3 aromatic rings. The highest BCUT2D eigenvalue weighted by Gasteiger charge is 2.63. The predicted octanol–water partition coefficient (Wildman–Crippen LogP) is 8.00. The quantitative estimate of drug-likeness (QED) is 0.252. The second-order valence-electron chi connectivity index (χ2n) is 7.75. The maximum atomic E-state index is 14.9. The first-order chi connectivity index (χ1) is 16.4. The van der Waals surface area contributed by atoms with Crippen LogP contribution in [0.15, 0.2) is 70.7 Å². The molecule has 0 radical (unpaired) electrons. The third-order valence-corrected chi connectivity index (χ3v) is 6.27. The lowest BCUT2D eigenvalue weighted by Gasteiger charge is -2.25. The summed E-state index contributed by atoms with van der Waals surface area (Å²) >= 11 is 1.45. The third-order valence-electron chi connectivity index (χ3n) is 5.54. The van der Waals surface area contributed by atoms with Gasteiger partial charge in [-0.25, -0.2) is 13.2 Å². The van der Waals surface area contributed by atoms with Crippen LogP contribution in [-0.4, -0.2) is 24.1 Å². The van der Waals surface area contributed by atoms with Crippen LogP contribution in [0.2, 0.25) is 0 Å². The van der Waals surface area contributed by atoms with Crippen LogP contribution < -0.4 is 5.01 Å². The van der Waals surface area contributed by atoms with E-state index in [1.54, 1.807) is 18.2 Å². The first-order valence-electron chi connectivity index (χ1n) is 10.1. The summed E-state index contributed by atoms with van der Waals surface area (Å²) < 4.78 is 110. The van der Waals surface area contributed by atoms with Crippen LogP contribution in [0.25, 0.3) is 11.1 Å². The Morgan fingerprint density at radius 1 is 0.857 bits per heavy atom. The topological polar surface area (TPSA) is 15.6 Å².